The number of carbonyl (C=O) groups is 1. The van der Waals surface area contributed by atoms with E-state index in [2.05, 4.69) is 104 Å². The zero-order valence-electron chi connectivity index (χ0n) is 15.2. The lowest BCUT2D eigenvalue weighted by molar-refractivity contribution is -0.118. The lowest BCUT2D eigenvalue weighted by Crippen LogP contribution is -2.47. The van der Waals surface area contributed by atoms with Crippen molar-refractivity contribution in [3.63, 3.8) is 0 Å². The number of ketones is 1. The molecule has 1 nitrogen and oxygen atoms in total. The molecule has 23 heavy (non-hydrogen) atoms. The average molecular weight is 509 g/mol. The molecule has 1 aromatic carbocycles. The second-order valence-corrected chi connectivity index (χ2v) is 16.1. The van der Waals surface area contributed by atoms with Crippen molar-refractivity contribution in [2.24, 2.45) is 0 Å². The molecule has 0 amide bonds. The Morgan fingerprint density at radius 3 is 2.17 bits per heavy atom. The lowest BCUT2D eigenvalue weighted by Gasteiger charge is -2.43. The number of Topliss-reactive ketones (excluding diaryl/α,β-unsaturated/α-hetero) is 1. The minimum absolute atomic E-state index is 0.146. The number of hydrogen-bond donors (Lipinski definition) is 0. The van der Waals surface area contributed by atoms with E-state index in [1.807, 2.05) is 0 Å². The molecule has 4 heteroatoms. The van der Waals surface area contributed by atoms with Crippen molar-refractivity contribution < 1.29 is 4.79 Å². The summed E-state index contributed by atoms with van der Waals surface area (Å²) in [6.07, 6.45) is 2.94. The van der Waals surface area contributed by atoms with E-state index in [1.54, 1.807) is 0 Å². The first-order valence-corrected chi connectivity index (χ1v) is 13.5. The third-order valence-electron chi connectivity index (χ3n) is 5.35. The van der Waals surface area contributed by atoms with Gasteiger partial charge in [-0.3, -0.25) is 4.79 Å². The van der Waals surface area contributed by atoms with Crippen molar-refractivity contribution in [2.45, 2.75) is 74.6 Å². The molecule has 0 unspecified atom stereocenters. The molecule has 0 heterocycles. The summed E-state index contributed by atoms with van der Waals surface area (Å²) in [7, 11) is -1.75. The molecule has 0 aliphatic rings. The van der Waals surface area contributed by atoms with Crippen LogP contribution >= 0.6 is 38.5 Å². The molecule has 0 bridgehead atoms. The van der Waals surface area contributed by atoms with Gasteiger partial charge in [0, 0.05) is 10.0 Å². The normalized spacial score (nSPS) is 15.3. The Kier molecular flexibility index (Phi) is 8.00. The minimum atomic E-state index is -1.75. The molecule has 1 rings (SSSR count). The summed E-state index contributed by atoms with van der Waals surface area (Å²) in [4.78, 5) is 13.2. The minimum Gasteiger partial charge on any atom is -0.299 e. The van der Waals surface area contributed by atoms with Crippen LogP contribution in [-0.4, -0.2) is 17.8 Å². The summed E-state index contributed by atoms with van der Waals surface area (Å²) >= 11 is 5.86. The highest BCUT2D eigenvalue weighted by Crippen LogP contribution is 2.46. The van der Waals surface area contributed by atoms with Crippen LogP contribution in [-0.2, 0) is 11.2 Å². The van der Waals surface area contributed by atoms with E-state index in [4.69, 9.17) is 0 Å². The van der Waals surface area contributed by atoms with E-state index >= 15 is 0 Å². The molecule has 130 valence electrons. The highest BCUT2D eigenvalue weighted by molar-refractivity contribution is 14.1. The van der Waals surface area contributed by atoms with Crippen LogP contribution in [0.3, 0.4) is 0 Å². The largest absolute Gasteiger partial charge is 0.299 e. The Bertz CT molecular complexity index is 519. The van der Waals surface area contributed by atoms with Crippen LogP contribution in [0.5, 0.6) is 0 Å². The number of rotatable bonds is 7. The Morgan fingerprint density at radius 1 is 1.22 bits per heavy atom. The Morgan fingerprint density at radius 2 is 1.74 bits per heavy atom. The summed E-state index contributed by atoms with van der Waals surface area (Å²) in [5.74, 6) is 0.474. The van der Waals surface area contributed by atoms with E-state index in [1.165, 1.54) is 5.56 Å². The summed E-state index contributed by atoms with van der Waals surface area (Å²) in [6, 6.07) is 8.46. The van der Waals surface area contributed by atoms with E-state index in [0.717, 1.165) is 23.7 Å². The van der Waals surface area contributed by atoms with Crippen molar-refractivity contribution in [1.29, 1.82) is 0 Å². The van der Waals surface area contributed by atoms with E-state index in [-0.39, 0.29) is 14.5 Å². The van der Waals surface area contributed by atoms with Gasteiger partial charge < -0.3 is 0 Å². The molecular formula is C19H30BrIOSi. The van der Waals surface area contributed by atoms with E-state index in [0.29, 0.717) is 5.78 Å². The quantitative estimate of drug-likeness (QED) is 0.219. The fraction of sp³-hybridized carbons (Fsp3) is 0.632. The second kappa shape index (κ2) is 8.61. The topological polar surface area (TPSA) is 17.1 Å². The second-order valence-electron chi connectivity index (χ2n) is 8.01. The van der Waals surface area contributed by atoms with Gasteiger partial charge in [0.05, 0.1) is 12.0 Å². The fourth-order valence-corrected chi connectivity index (χ4v) is 7.07. The number of benzene rings is 1. The van der Waals surface area contributed by atoms with Gasteiger partial charge in [0.2, 0.25) is 0 Å². The van der Waals surface area contributed by atoms with Gasteiger partial charge in [0.15, 0.2) is 0 Å². The third kappa shape index (κ3) is 5.67. The van der Waals surface area contributed by atoms with Crippen molar-refractivity contribution in [3.05, 3.63) is 34.3 Å². The Balaban J connectivity index is 3.15. The maximum atomic E-state index is 13.2. The van der Waals surface area contributed by atoms with Crippen molar-refractivity contribution in [3.8, 4) is 0 Å². The highest BCUT2D eigenvalue weighted by Gasteiger charge is 2.46. The third-order valence-corrected chi connectivity index (χ3v) is 13.2. The molecule has 0 aliphatic heterocycles. The van der Waals surface area contributed by atoms with Gasteiger partial charge in [-0.15, -0.1) is 0 Å². The smallest absolute Gasteiger partial charge is 0.146 e. The predicted molar refractivity (Wildman–Crippen MR) is 117 cm³/mol. The van der Waals surface area contributed by atoms with E-state index in [9.17, 15) is 4.79 Å². The van der Waals surface area contributed by atoms with Gasteiger partial charge >= 0.3 is 0 Å². The van der Waals surface area contributed by atoms with Gasteiger partial charge in [-0.2, -0.15) is 0 Å². The highest BCUT2D eigenvalue weighted by atomic mass is 127. The molecule has 0 fully saturated rings. The molecule has 0 N–H and O–H groups in total. The Labute approximate surface area is 165 Å². The SMILES string of the molecule is CCC[C@H](I)C(=O)[C@H](Cc1ccc(Br)cc1)[Si](C)(C)C(C)(C)C. The first-order valence-electron chi connectivity index (χ1n) is 8.43. The Hall–Kier alpha value is 0.317. The molecule has 0 aliphatic carbocycles. The molecule has 1 aromatic rings. The van der Waals surface area contributed by atoms with Gasteiger partial charge in [-0.05, 0) is 35.6 Å². The molecule has 0 radical (unpaired) electrons. The van der Waals surface area contributed by atoms with Crippen molar-refractivity contribution in [2.75, 3.05) is 0 Å². The van der Waals surface area contributed by atoms with Gasteiger partial charge in [-0.1, -0.05) is 97.9 Å². The van der Waals surface area contributed by atoms with Gasteiger partial charge in [0.1, 0.15) is 5.78 Å². The van der Waals surface area contributed by atoms with Crippen LogP contribution in [0.4, 0.5) is 0 Å². The zero-order valence-corrected chi connectivity index (χ0v) is 20.0. The fourth-order valence-electron chi connectivity index (χ4n) is 2.70. The zero-order chi connectivity index (χ0) is 17.8. The average Bonchev–Trinajstić information content (AvgIpc) is 2.44. The molecular weight excluding hydrogens is 479 g/mol. The van der Waals surface area contributed by atoms with Crippen LogP contribution in [0, 0.1) is 0 Å². The number of alkyl halides is 1. The lowest BCUT2D eigenvalue weighted by atomic mass is 10.0. The van der Waals surface area contributed by atoms with Crippen LogP contribution in [0.25, 0.3) is 0 Å². The number of hydrogen-bond acceptors (Lipinski definition) is 1. The van der Waals surface area contributed by atoms with Crippen molar-refractivity contribution in [1.82, 2.24) is 0 Å². The summed E-state index contributed by atoms with van der Waals surface area (Å²) in [6.45, 7) is 13.9. The number of halogens is 2. The summed E-state index contributed by atoms with van der Waals surface area (Å²) < 4.78 is 1.24. The van der Waals surface area contributed by atoms with Crippen LogP contribution in [0.15, 0.2) is 28.7 Å². The molecule has 2 atom stereocenters. The van der Waals surface area contributed by atoms with E-state index < -0.39 is 8.07 Å². The summed E-state index contributed by atoms with van der Waals surface area (Å²) in [5, 5.41) is 0.214. The molecule has 0 aromatic heterocycles. The van der Waals surface area contributed by atoms with Crippen molar-refractivity contribution >= 4 is 52.4 Å². The maximum Gasteiger partial charge on any atom is 0.146 e. The van der Waals surface area contributed by atoms with Gasteiger partial charge in [-0.25, -0.2) is 0 Å². The van der Waals surface area contributed by atoms with Crippen LogP contribution in [0.2, 0.25) is 23.7 Å². The first-order chi connectivity index (χ1) is 10.5. The molecule has 0 saturated carbocycles. The molecule has 0 saturated heterocycles. The standard InChI is InChI=1S/C19H30BrIOSi/c1-7-8-16(21)18(22)17(23(5,6)19(2,3)4)13-14-9-11-15(20)12-10-14/h9-12,16-17H,7-8,13H2,1-6H3/t16-,17-/m0/s1. The van der Waals surface area contributed by atoms with Crippen LogP contribution in [0.1, 0.15) is 46.1 Å². The maximum absolute atomic E-state index is 13.2. The predicted octanol–water partition coefficient (Wildman–Crippen LogP) is 7.04. The summed E-state index contributed by atoms with van der Waals surface area (Å²) in [5.41, 5.74) is 1.45. The molecule has 0 spiro atoms. The number of carbonyl (C=O) groups excluding carboxylic acids is 1. The van der Waals surface area contributed by atoms with Gasteiger partial charge in [0.25, 0.3) is 0 Å². The monoisotopic (exact) mass is 508 g/mol. The van der Waals surface area contributed by atoms with Crippen LogP contribution < -0.4 is 0 Å². The first kappa shape index (κ1) is 21.4.